The van der Waals surface area contributed by atoms with Gasteiger partial charge in [0.15, 0.2) is 11.8 Å². The molecule has 0 radical (unpaired) electrons. The molecular formula is C14H14ClF3N8O2. The zero-order valence-electron chi connectivity index (χ0n) is 14.2. The number of halogens is 4. The summed E-state index contributed by atoms with van der Waals surface area (Å²) in [6.45, 7) is -0.122. The number of hydrogen-bond acceptors (Lipinski definition) is 6. The number of alkyl halides is 3. The number of aromatic nitrogens is 5. The monoisotopic (exact) mass is 418 g/mol. The van der Waals surface area contributed by atoms with Crippen LogP contribution in [0.15, 0.2) is 18.2 Å². The molecule has 28 heavy (non-hydrogen) atoms. The Labute approximate surface area is 161 Å². The minimum atomic E-state index is -4.64. The van der Waals surface area contributed by atoms with E-state index in [9.17, 15) is 18.0 Å². The highest BCUT2D eigenvalue weighted by Crippen LogP contribution is 2.38. The van der Waals surface area contributed by atoms with E-state index in [1.807, 2.05) is 0 Å². The van der Waals surface area contributed by atoms with Crippen LogP contribution in [-0.4, -0.2) is 49.4 Å². The fourth-order valence-electron chi connectivity index (χ4n) is 2.35. The third kappa shape index (κ3) is 3.98. The molecule has 3 rings (SSSR count). The molecular weight excluding hydrogens is 405 g/mol. The number of fused-ring (bicyclic) bond motifs is 1. The Bertz CT molecular complexity index is 1000. The molecule has 0 fully saturated rings. The smallest absolute Gasteiger partial charge is 0.417 e. The first-order valence-electron chi connectivity index (χ1n) is 7.39. The van der Waals surface area contributed by atoms with Gasteiger partial charge in [-0.3, -0.25) is 15.1 Å². The first-order valence-corrected chi connectivity index (χ1v) is 7.39. The van der Waals surface area contributed by atoms with Gasteiger partial charge in [0, 0.05) is 12.4 Å². The molecule has 0 bridgehead atoms. The molecule has 0 saturated carbocycles. The molecule has 3 aromatic rings. The molecule has 2 heterocycles. The summed E-state index contributed by atoms with van der Waals surface area (Å²) in [5, 5.41) is 19.8. The van der Waals surface area contributed by atoms with E-state index >= 15 is 0 Å². The summed E-state index contributed by atoms with van der Waals surface area (Å²) in [5.41, 5.74) is 4.10. The third-order valence-electron chi connectivity index (χ3n) is 3.71. The number of nitrogens with two attached hydrogens (primary N) is 1. The number of aromatic amines is 2. The zero-order chi connectivity index (χ0) is 19.8. The summed E-state index contributed by atoms with van der Waals surface area (Å²) in [6, 6.07) is 3.03. The van der Waals surface area contributed by atoms with Gasteiger partial charge in [-0.1, -0.05) is 0 Å². The molecule has 0 aliphatic heterocycles. The van der Waals surface area contributed by atoms with Gasteiger partial charge in [-0.15, -0.1) is 17.5 Å². The Morgan fingerprint density at radius 3 is 2.68 bits per heavy atom. The molecule has 1 aromatic carbocycles. The summed E-state index contributed by atoms with van der Waals surface area (Å²) >= 11 is 0. The van der Waals surface area contributed by atoms with E-state index in [1.54, 1.807) is 0 Å². The number of hydrogen-bond donors (Lipinski definition) is 4. The maximum absolute atomic E-state index is 13.3. The highest BCUT2D eigenvalue weighted by molar-refractivity contribution is 6.06. The summed E-state index contributed by atoms with van der Waals surface area (Å²) < 4.78 is 45.4. The summed E-state index contributed by atoms with van der Waals surface area (Å²) in [5.74, 6) is -0.984. The maximum Gasteiger partial charge on any atom is 0.417 e. The topological polar surface area (TPSA) is 150 Å². The average Bonchev–Trinajstić information content (AvgIpc) is 3.26. The predicted octanol–water partition coefficient (Wildman–Crippen LogP) is 1.67. The quantitative estimate of drug-likeness (QED) is 0.374. The van der Waals surface area contributed by atoms with Crippen LogP contribution in [0.2, 0.25) is 0 Å². The summed E-state index contributed by atoms with van der Waals surface area (Å²) in [7, 11) is 1.23. The number of nitrogens with zero attached hydrogens (tertiary/aromatic N) is 4. The van der Waals surface area contributed by atoms with E-state index in [4.69, 9.17) is 15.9 Å². The lowest BCUT2D eigenvalue weighted by Crippen LogP contribution is -2.38. The Balaban J connectivity index is 0.00000280. The van der Waals surface area contributed by atoms with Gasteiger partial charge in [0.05, 0.1) is 11.1 Å². The number of carbonyl (C=O) groups is 1. The Morgan fingerprint density at radius 2 is 2.11 bits per heavy atom. The van der Waals surface area contributed by atoms with Gasteiger partial charge in [-0.05, 0) is 28.6 Å². The number of guanidine groups is 1. The number of tetrazole rings is 1. The van der Waals surface area contributed by atoms with Crippen LogP contribution in [0, 0.1) is 5.41 Å². The summed E-state index contributed by atoms with van der Waals surface area (Å²) in [4.78, 5) is 15.7. The number of amides is 1. The summed E-state index contributed by atoms with van der Waals surface area (Å²) in [6.07, 6.45) is -4.64. The molecule has 14 heteroatoms. The van der Waals surface area contributed by atoms with E-state index in [-0.39, 0.29) is 47.2 Å². The molecule has 10 nitrogen and oxygen atoms in total. The van der Waals surface area contributed by atoms with Crippen molar-refractivity contribution < 1.29 is 22.7 Å². The largest absolute Gasteiger partial charge is 0.483 e. The second-order valence-corrected chi connectivity index (χ2v) is 5.47. The van der Waals surface area contributed by atoms with Crippen molar-refractivity contribution in [1.29, 1.82) is 5.41 Å². The molecule has 0 spiro atoms. The van der Waals surface area contributed by atoms with E-state index in [2.05, 4.69) is 25.6 Å². The van der Waals surface area contributed by atoms with Crippen molar-refractivity contribution in [2.75, 3.05) is 7.05 Å². The van der Waals surface area contributed by atoms with Gasteiger partial charge in [-0.25, -0.2) is 5.10 Å². The minimum Gasteiger partial charge on any atom is -0.483 e. The normalized spacial score (nSPS) is 11.1. The Morgan fingerprint density at radius 1 is 1.39 bits per heavy atom. The first-order chi connectivity index (χ1) is 12.7. The second kappa shape index (κ2) is 7.72. The van der Waals surface area contributed by atoms with Crippen LogP contribution in [-0.2, 0) is 12.8 Å². The first kappa shape index (κ1) is 21.0. The molecule has 0 aliphatic rings. The van der Waals surface area contributed by atoms with Gasteiger partial charge < -0.3 is 15.5 Å². The maximum atomic E-state index is 13.3. The Hall–Kier alpha value is -3.35. The molecule has 1 amide bonds. The Kier molecular flexibility index (Phi) is 5.78. The minimum absolute atomic E-state index is 0. The van der Waals surface area contributed by atoms with Gasteiger partial charge in [0.25, 0.3) is 5.91 Å². The SMILES string of the molecule is CN(C(=N)N)C(=O)c1cc2c(C(F)(F)F)ccc(OCc3nnn[nH]3)c2[nH]1.Cl. The van der Waals surface area contributed by atoms with Crippen LogP contribution < -0.4 is 10.5 Å². The molecule has 2 aromatic heterocycles. The number of H-pyrrole nitrogens is 2. The van der Waals surface area contributed by atoms with Gasteiger partial charge in [0.2, 0.25) is 0 Å². The lowest BCUT2D eigenvalue weighted by Gasteiger charge is -2.12. The molecule has 0 unspecified atom stereocenters. The lowest BCUT2D eigenvalue weighted by atomic mass is 10.1. The highest BCUT2D eigenvalue weighted by atomic mass is 35.5. The van der Waals surface area contributed by atoms with E-state index < -0.39 is 23.6 Å². The van der Waals surface area contributed by atoms with Crippen LogP contribution in [0.4, 0.5) is 13.2 Å². The van der Waals surface area contributed by atoms with Crippen LogP contribution in [0.1, 0.15) is 21.9 Å². The van der Waals surface area contributed by atoms with Crippen molar-refractivity contribution in [2.24, 2.45) is 5.73 Å². The predicted molar refractivity (Wildman–Crippen MR) is 93.1 cm³/mol. The molecule has 0 atom stereocenters. The highest BCUT2D eigenvalue weighted by Gasteiger charge is 2.34. The number of rotatable bonds is 4. The van der Waals surface area contributed by atoms with Crippen LogP contribution in [0.3, 0.4) is 0 Å². The van der Waals surface area contributed by atoms with Crippen molar-refractivity contribution in [2.45, 2.75) is 12.8 Å². The fourth-order valence-corrected chi connectivity index (χ4v) is 2.35. The van der Waals surface area contributed by atoms with E-state index in [0.29, 0.717) is 0 Å². The van der Waals surface area contributed by atoms with Crippen molar-refractivity contribution in [1.82, 2.24) is 30.5 Å². The fraction of sp³-hybridized carbons (Fsp3) is 0.214. The van der Waals surface area contributed by atoms with Gasteiger partial charge in [-0.2, -0.15) is 13.2 Å². The molecule has 0 aliphatic carbocycles. The third-order valence-corrected chi connectivity index (χ3v) is 3.71. The molecule has 5 N–H and O–H groups in total. The van der Waals surface area contributed by atoms with Crippen molar-refractivity contribution in [3.05, 3.63) is 35.3 Å². The number of benzene rings is 1. The van der Waals surface area contributed by atoms with Gasteiger partial charge in [0.1, 0.15) is 18.1 Å². The van der Waals surface area contributed by atoms with E-state index in [0.717, 1.165) is 23.1 Å². The second-order valence-electron chi connectivity index (χ2n) is 5.47. The number of ether oxygens (including phenoxy) is 1. The molecule has 0 saturated heterocycles. The lowest BCUT2D eigenvalue weighted by molar-refractivity contribution is -0.136. The van der Waals surface area contributed by atoms with Crippen molar-refractivity contribution in [3.8, 4) is 5.75 Å². The van der Waals surface area contributed by atoms with Gasteiger partial charge >= 0.3 is 6.18 Å². The van der Waals surface area contributed by atoms with Crippen LogP contribution in [0.5, 0.6) is 5.75 Å². The zero-order valence-corrected chi connectivity index (χ0v) is 15.0. The number of nitrogens with one attached hydrogen (secondary N) is 3. The van der Waals surface area contributed by atoms with Crippen LogP contribution in [0.25, 0.3) is 10.9 Å². The van der Waals surface area contributed by atoms with Crippen molar-refractivity contribution >= 4 is 35.2 Å². The van der Waals surface area contributed by atoms with Crippen LogP contribution >= 0.6 is 12.4 Å². The average molecular weight is 419 g/mol. The van der Waals surface area contributed by atoms with Crippen molar-refractivity contribution in [3.63, 3.8) is 0 Å². The number of carbonyl (C=O) groups excluding carboxylic acids is 1. The molecule has 150 valence electrons. The van der Waals surface area contributed by atoms with E-state index in [1.165, 1.54) is 7.05 Å². The standard InChI is InChI=1S/C14H13F3N8O2.ClH/c1-25(13(18)19)12(26)8-4-6-7(14(15,16)17)2-3-9(11(6)20-8)27-5-10-21-23-24-22-10;/h2-4,20H,5H2,1H3,(H3,18,19)(H,21,22,23,24);1H.